The van der Waals surface area contributed by atoms with Crippen molar-refractivity contribution in [2.75, 3.05) is 6.54 Å². The predicted molar refractivity (Wildman–Crippen MR) is 130 cm³/mol. The van der Waals surface area contributed by atoms with E-state index in [2.05, 4.69) is 5.32 Å². The zero-order valence-electron chi connectivity index (χ0n) is 19.1. The first-order chi connectivity index (χ1) is 16.4. The summed E-state index contributed by atoms with van der Waals surface area (Å²) in [6, 6.07) is 19.4. The summed E-state index contributed by atoms with van der Waals surface area (Å²) >= 11 is -1.13. The molecule has 34 heavy (non-hydrogen) atoms. The van der Waals surface area contributed by atoms with Crippen LogP contribution in [0.1, 0.15) is 43.2 Å². The second kappa shape index (κ2) is 12.7. The molecule has 0 spiro atoms. The molecule has 1 unspecified atom stereocenters. The summed E-state index contributed by atoms with van der Waals surface area (Å²) in [5.74, 6) is -1.89. The molecule has 0 saturated heterocycles. The van der Waals surface area contributed by atoms with Crippen LogP contribution in [0.25, 0.3) is 0 Å². The van der Waals surface area contributed by atoms with Crippen LogP contribution in [0.5, 0.6) is 0 Å². The van der Waals surface area contributed by atoms with Gasteiger partial charge in [0.2, 0.25) is 0 Å². The zero-order chi connectivity index (χ0) is 24.4. The van der Waals surface area contributed by atoms with Crippen LogP contribution in [0.4, 0.5) is 0 Å². The molecule has 0 aromatic heterocycles. The summed E-state index contributed by atoms with van der Waals surface area (Å²) < 4.78 is 4.69. The van der Waals surface area contributed by atoms with Gasteiger partial charge < -0.3 is 0 Å². The molecule has 1 amide bonds. The van der Waals surface area contributed by atoms with Crippen LogP contribution in [0.2, 0.25) is 8.91 Å². The van der Waals surface area contributed by atoms with E-state index in [1.54, 1.807) is 0 Å². The van der Waals surface area contributed by atoms with E-state index >= 15 is 0 Å². The third-order valence-electron chi connectivity index (χ3n) is 6.16. The molecule has 3 rings (SSSR count). The first kappa shape index (κ1) is 26.0. The maximum atomic E-state index is 13.2. The molecule has 182 valence electrons. The van der Waals surface area contributed by atoms with E-state index in [0.717, 1.165) is 24.0 Å². The van der Waals surface area contributed by atoms with Crippen LogP contribution in [-0.2, 0) is 32.1 Å². The Morgan fingerprint density at radius 3 is 2.15 bits per heavy atom. The third kappa shape index (κ3) is 7.44. The van der Waals surface area contributed by atoms with Crippen molar-refractivity contribution in [2.24, 2.45) is 0 Å². The Hall–Kier alpha value is -2.63. The summed E-state index contributed by atoms with van der Waals surface area (Å²) in [5, 5.41) is 21.1. The molecule has 3 atom stereocenters. The van der Waals surface area contributed by atoms with Gasteiger partial charge in [-0.3, -0.25) is 0 Å². The molecule has 1 saturated carbocycles. The molecule has 2 aromatic rings. The molecule has 3 N–H and O–H groups in total. The Morgan fingerprint density at radius 2 is 1.56 bits per heavy atom. The van der Waals surface area contributed by atoms with Gasteiger partial charge in [0.05, 0.1) is 0 Å². The predicted octanol–water partition coefficient (Wildman–Crippen LogP) is 2.88. The number of carbonyl (C=O) groups excluding carboxylic acids is 2. The van der Waals surface area contributed by atoms with Crippen LogP contribution in [0.3, 0.4) is 0 Å². The van der Waals surface area contributed by atoms with E-state index in [4.69, 9.17) is 9.84 Å². The van der Waals surface area contributed by atoms with E-state index in [1.165, 1.54) is 0 Å². The number of hydrogen-bond donors (Lipinski definition) is 3. The molecule has 1 fully saturated rings. The monoisotopic (exact) mass is 529 g/mol. The number of carboxylic acids is 1. The van der Waals surface area contributed by atoms with Crippen molar-refractivity contribution >= 4 is 33.6 Å². The SMILES string of the molecule is O=C(OCc1ccccc1)[C@H](CCc1ccccc1)[AsH]C1(C(=O)NC[C@H](O)C(=O)O)CCCC1. The van der Waals surface area contributed by atoms with Crippen LogP contribution in [0, 0.1) is 0 Å². The first-order valence-electron chi connectivity index (χ1n) is 11.6. The van der Waals surface area contributed by atoms with Crippen molar-refractivity contribution in [3.63, 3.8) is 0 Å². The topological polar surface area (TPSA) is 113 Å². The van der Waals surface area contributed by atoms with Gasteiger partial charge >= 0.3 is 207 Å². The molecule has 2 aromatic carbocycles. The minimum atomic E-state index is -1.65. The minimum absolute atomic E-state index is 0.192. The number of carboxylic acid groups (broad SMARTS) is 1. The fraction of sp³-hybridized carbons (Fsp3) is 0.423. The number of rotatable bonds is 12. The Labute approximate surface area is 206 Å². The second-order valence-electron chi connectivity index (χ2n) is 8.67. The van der Waals surface area contributed by atoms with E-state index in [0.29, 0.717) is 25.7 Å². The molecule has 0 radical (unpaired) electrons. The number of ether oxygens (including phenoxy) is 1. The van der Waals surface area contributed by atoms with E-state index in [9.17, 15) is 19.5 Å². The molecular weight excluding hydrogens is 497 g/mol. The number of benzene rings is 2. The van der Waals surface area contributed by atoms with E-state index < -0.39 is 32.0 Å². The molecule has 0 bridgehead atoms. The molecule has 7 nitrogen and oxygen atoms in total. The van der Waals surface area contributed by atoms with Gasteiger partial charge in [-0.2, -0.15) is 0 Å². The average molecular weight is 529 g/mol. The Kier molecular flexibility index (Phi) is 9.72. The van der Waals surface area contributed by atoms with Crippen molar-refractivity contribution in [1.82, 2.24) is 5.32 Å². The Bertz CT molecular complexity index is 946. The number of nitrogens with one attached hydrogen (secondary N) is 1. The summed E-state index contributed by atoms with van der Waals surface area (Å²) in [7, 11) is 0. The average Bonchev–Trinajstić information content (AvgIpc) is 3.34. The zero-order valence-corrected chi connectivity index (χ0v) is 21.2. The summed E-state index contributed by atoms with van der Waals surface area (Å²) in [4.78, 5) is 37.3. The van der Waals surface area contributed by atoms with Gasteiger partial charge in [-0.05, 0) is 0 Å². The molecule has 1 aliphatic rings. The summed E-state index contributed by atoms with van der Waals surface area (Å²) in [6.07, 6.45) is 2.80. The van der Waals surface area contributed by atoms with Gasteiger partial charge in [0.1, 0.15) is 0 Å². The van der Waals surface area contributed by atoms with Crippen LogP contribution in [0.15, 0.2) is 60.7 Å². The molecule has 1 aliphatic carbocycles. The molecular formula is C26H32AsNO6. The van der Waals surface area contributed by atoms with Gasteiger partial charge in [-0.1, -0.05) is 0 Å². The first-order valence-corrected chi connectivity index (χ1v) is 13.9. The summed E-state index contributed by atoms with van der Waals surface area (Å²) in [5.41, 5.74) is 2.04. The van der Waals surface area contributed by atoms with Crippen molar-refractivity contribution in [3.8, 4) is 0 Å². The number of esters is 1. The standard InChI is InChI=1S/C26H32AsNO6/c29-22(23(30)31)17-28-25(33)26(15-7-8-16-26)27-21(14-13-19-9-3-1-4-10-19)24(32)34-18-20-11-5-2-6-12-20/h1-6,9-12,21-22,27,29H,7-8,13-18H2,(H,28,33)(H,30,31)/t21-,22-/m0/s1. The number of aliphatic hydroxyl groups excluding tert-OH is 1. The van der Waals surface area contributed by atoms with Gasteiger partial charge in [-0.15, -0.1) is 0 Å². The van der Waals surface area contributed by atoms with Crippen LogP contribution >= 0.6 is 0 Å². The van der Waals surface area contributed by atoms with Gasteiger partial charge in [0.15, 0.2) is 0 Å². The van der Waals surface area contributed by atoms with Gasteiger partial charge in [0.25, 0.3) is 0 Å². The molecule has 0 aliphatic heterocycles. The van der Waals surface area contributed by atoms with Gasteiger partial charge in [0, 0.05) is 0 Å². The fourth-order valence-electron chi connectivity index (χ4n) is 4.23. The number of carbonyl (C=O) groups is 3. The quantitative estimate of drug-likeness (QED) is 0.288. The molecule has 8 heteroatoms. The van der Waals surface area contributed by atoms with E-state index in [-0.39, 0.29) is 29.7 Å². The number of amides is 1. The normalized spacial score (nSPS) is 16.7. The summed E-state index contributed by atoms with van der Waals surface area (Å²) in [6.45, 7) is -0.146. The van der Waals surface area contributed by atoms with Crippen molar-refractivity contribution in [1.29, 1.82) is 0 Å². The van der Waals surface area contributed by atoms with Crippen LogP contribution in [-0.4, -0.2) is 56.5 Å². The van der Waals surface area contributed by atoms with Crippen molar-refractivity contribution in [3.05, 3.63) is 71.8 Å². The maximum absolute atomic E-state index is 13.2. The van der Waals surface area contributed by atoms with Gasteiger partial charge in [-0.25, -0.2) is 0 Å². The van der Waals surface area contributed by atoms with Crippen molar-refractivity contribution < 1.29 is 29.3 Å². The number of hydrogen-bond acceptors (Lipinski definition) is 5. The number of aliphatic carboxylic acids is 1. The number of aliphatic hydroxyl groups is 1. The fourth-order valence-corrected chi connectivity index (χ4v) is 8.46. The number of aryl methyl sites for hydroxylation is 1. The Morgan fingerprint density at radius 1 is 0.971 bits per heavy atom. The molecule has 0 heterocycles. The van der Waals surface area contributed by atoms with E-state index in [1.807, 2.05) is 60.7 Å². The van der Waals surface area contributed by atoms with Crippen LogP contribution < -0.4 is 5.32 Å². The second-order valence-corrected chi connectivity index (χ2v) is 12.7. The van der Waals surface area contributed by atoms with Crippen molar-refractivity contribution in [2.45, 2.75) is 60.1 Å². The third-order valence-corrected chi connectivity index (χ3v) is 10.7. The Balaban J connectivity index is 1.72.